The molecule has 0 unspecified atom stereocenters. The highest BCUT2D eigenvalue weighted by Gasteiger charge is 2.12. The van der Waals surface area contributed by atoms with Gasteiger partial charge in [0.25, 0.3) is 0 Å². The minimum atomic E-state index is -0.826. The maximum atomic E-state index is 10.9. The Hall–Kier alpha value is -2.73. The average Bonchev–Trinajstić information content (AvgIpc) is 2.54. The fourth-order valence-electron chi connectivity index (χ4n) is 1.94. The minimum absolute atomic E-state index is 0.506. The van der Waals surface area contributed by atoms with Crippen LogP contribution >= 0.6 is 0 Å². The zero-order valence-corrected chi connectivity index (χ0v) is 12.7. The molecular formula is C19H18O3. The number of benzene rings is 2. The van der Waals surface area contributed by atoms with Crippen molar-refractivity contribution >= 4 is 5.97 Å². The van der Waals surface area contributed by atoms with Crippen molar-refractivity contribution in [3.8, 4) is 17.6 Å². The second-order valence-corrected chi connectivity index (χ2v) is 4.89. The summed E-state index contributed by atoms with van der Waals surface area (Å²) in [5, 5.41) is 8.98. The number of hydrogen-bond donors (Lipinski definition) is 1. The summed E-state index contributed by atoms with van der Waals surface area (Å²) >= 11 is 0. The van der Waals surface area contributed by atoms with Crippen LogP contribution in [-0.2, 0) is 4.79 Å². The first-order chi connectivity index (χ1) is 10.6. The number of ether oxygens (including phenoxy) is 1. The fraction of sp³-hybridized carbons (Fsp3) is 0.211. The lowest BCUT2D eigenvalue weighted by molar-refractivity contribution is -0.138. The molecule has 2 rings (SSSR count). The van der Waals surface area contributed by atoms with Crippen molar-refractivity contribution in [2.45, 2.75) is 19.8 Å². The molecule has 0 bridgehead atoms. The molecule has 0 fully saturated rings. The van der Waals surface area contributed by atoms with Gasteiger partial charge in [-0.05, 0) is 55.8 Å². The summed E-state index contributed by atoms with van der Waals surface area (Å²) in [5.74, 6) is 5.65. The van der Waals surface area contributed by atoms with Crippen LogP contribution in [0, 0.1) is 11.8 Å². The van der Waals surface area contributed by atoms with E-state index in [9.17, 15) is 4.79 Å². The molecule has 0 aromatic heterocycles. The molecule has 2 aromatic rings. The fourth-order valence-corrected chi connectivity index (χ4v) is 1.94. The molecular weight excluding hydrogens is 276 g/mol. The lowest BCUT2D eigenvalue weighted by Gasteiger charge is -2.05. The van der Waals surface area contributed by atoms with Gasteiger partial charge >= 0.3 is 5.97 Å². The number of carboxylic acids is 1. The largest absolute Gasteiger partial charge is 0.494 e. The number of carbonyl (C=O) groups is 1. The molecule has 2 aromatic carbocycles. The topological polar surface area (TPSA) is 46.5 Å². The summed E-state index contributed by atoms with van der Waals surface area (Å²) in [6.07, 6.45) is 0. The smallest absolute Gasteiger partial charge is 0.310 e. The highest BCUT2D eigenvalue weighted by Crippen LogP contribution is 2.16. The Morgan fingerprint density at radius 1 is 1.05 bits per heavy atom. The minimum Gasteiger partial charge on any atom is -0.494 e. The van der Waals surface area contributed by atoms with Crippen molar-refractivity contribution in [1.29, 1.82) is 0 Å². The molecule has 0 saturated heterocycles. The van der Waals surface area contributed by atoms with Gasteiger partial charge in [0, 0.05) is 11.1 Å². The maximum absolute atomic E-state index is 10.9. The molecule has 0 aliphatic rings. The molecule has 0 heterocycles. The van der Waals surface area contributed by atoms with E-state index in [2.05, 4.69) is 11.8 Å². The van der Waals surface area contributed by atoms with Gasteiger partial charge in [-0.2, -0.15) is 0 Å². The Bertz CT molecular complexity index is 688. The normalized spacial score (nSPS) is 11.2. The Morgan fingerprint density at radius 2 is 1.55 bits per heavy atom. The zero-order valence-electron chi connectivity index (χ0n) is 12.7. The number of rotatable bonds is 4. The zero-order chi connectivity index (χ0) is 15.9. The lowest BCUT2D eigenvalue weighted by atomic mass is 10.0. The summed E-state index contributed by atoms with van der Waals surface area (Å²) in [6.45, 7) is 4.26. The van der Waals surface area contributed by atoms with Crippen molar-refractivity contribution in [1.82, 2.24) is 0 Å². The van der Waals surface area contributed by atoms with Crippen LogP contribution in [-0.4, -0.2) is 17.7 Å². The third kappa shape index (κ3) is 4.13. The van der Waals surface area contributed by atoms with Gasteiger partial charge in [0.15, 0.2) is 0 Å². The van der Waals surface area contributed by atoms with Crippen LogP contribution in [0.15, 0.2) is 48.5 Å². The average molecular weight is 294 g/mol. The van der Waals surface area contributed by atoms with Crippen LogP contribution in [0.5, 0.6) is 5.75 Å². The summed E-state index contributed by atoms with van der Waals surface area (Å²) < 4.78 is 5.38. The third-order valence-electron chi connectivity index (χ3n) is 3.30. The van der Waals surface area contributed by atoms with E-state index in [1.807, 2.05) is 43.3 Å². The van der Waals surface area contributed by atoms with Crippen molar-refractivity contribution < 1.29 is 14.6 Å². The Morgan fingerprint density at radius 3 is 2.00 bits per heavy atom. The molecule has 0 saturated carbocycles. The van der Waals surface area contributed by atoms with E-state index in [0.717, 1.165) is 22.4 Å². The van der Waals surface area contributed by atoms with Crippen molar-refractivity contribution in [3.63, 3.8) is 0 Å². The summed E-state index contributed by atoms with van der Waals surface area (Å²) in [6, 6.07) is 14.9. The Balaban J connectivity index is 2.09. The highest BCUT2D eigenvalue weighted by atomic mass is 16.5. The second-order valence-electron chi connectivity index (χ2n) is 4.89. The van der Waals surface area contributed by atoms with Crippen LogP contribution in [0.25, 0.3) is 0 Å². The van der Waals surface area contributed by atoms with Gasteiger partial charge in [0.2, 0.25) is 0 Å². The molecule has 1 atom stereocenters. The van der Waals surface area contributed by atoms with Gasteiger partial charge in [-0.15, -0.1) is 0 Å². The van der Waals surface area contributed by atoms with Gasteiger partial charge in [-0.3, -0.25) is 4.79 Å². The molecule has 22 heavy (non-hydrogen) atoms. The highest BCUT2D eigenvalue weighted by molar-refractivity contribution is 5.75. The molecule has 3 heteroatoms. The summed E-state index contributed by atoms with van der Waals surface area (Å²) in [4.78, 5) is 10.9. The van der Waals surface area contributed by atoms with E-state index in [-0.39, 0.29) is 0 Å². The van der Waals surface area contributed by atoms with Crippen molar-refractivity contribution in [2.75, 3.05) is 6.61 Å². The van der Waals surface area contributed by atoms with Crippen LogP contribution in [0.2, 0.25) is 0 Å². The van der Waals surface area contributed by atoms with Crippen LogP contribution in [0.4, 0.5) is 0 Å². The Labute approximate surface area is 130 Å². The van der Waals surface area contributed by atoms with Gasteiger partial charge in [-0.25, -0.2) is 0 Å². The van der Waals surface area contributed by atoms with E-state index in [4.69, 9.17) is 9.84 Å². The van der Waals surface area contributed by atoms with E-state index in [1.165, 1.54) is 0 Å². The monoisotopic (exact) mass is 294 g/mol. The SMILES string of the molecule is CCOc1ccc(C#Cc2ccc([C@H](C)C(=O)O)cc2)cc1. The predicted octanol–water partition coefficient (Wildman–Crippen LogP) is 3.67. The number of aliphatic carboxylic acids is 1. The number of carboxylic acid groups (broad SMARTS) is 1. The van der Waals surface area contributed by atoms with Gasteiger partial charge in [0.1, 0.15) is 5.75 Å². The van der Waals surface area contributed by atoms with Crippen molar-refractivity contribution in [2.24, 2.45) is 0 Å². The molecule has 0 radical (unpaired) electrons. The van der Waals surface area contributed by atoms with Crippen LogP contribution in [0.1, 0.15) is 36.5 Å². The third-order valence-corrected chi connectivity index (χ3v) is 3.30. The van der Waals surface area contributed by atoms with Crippen LogP contribution in [0.3, 0.4) is 0 Å². The molecule has 3 nitrogen and oxygen atoms in total. The van der Waals surface area contributed by atoms with Gasteiger partial charge in [-0.1, -0.05) is 24.0 Å². The standard InChI is InChI=1S/C19H18O3/c1-3-22-18-12-8-16(9-13-18)5-4-15-6-10-17(11-7-15)14(2)19(20)21/h6-14H,3H2,1-2H3,(H,20,21)/t14-/m0/s1. The van der Waals surface area contributed by atoms with Crippen LogP contribution < -0.4 is 4.74 Å². The first-order valence-corrected chi connectivity index (χ1v) is 7.18. The van der Waals surface area contributed by atoms with Gasteiger partial charge < -0.3 is 9.84 Å². The first kappa shape index (κ1) is 15.7. The molecule has 0 aliphatic heterocycles. The quantitative estimate of drug-likeness (QED) is 0.875. The van der Waals surface area contributed by atoms with E-state index in [1.54, 1.807) is 19.1 Å². The molecule has 0 amide bonds. The molecule has 112 valence electrons. The van der Waals surface area contributed by atoms with E-state index < -0.39 is 11.9 Å². The molecule has 0 spiro atoms. The van der Waals surface area contributed by atoms with E-state index >= 15 is 0 Å². The second kappa shape index (κ2) is 7.33. The molecule has 0 aliphatic carbocycles. The van der Waals surface area contributed by atoms with Crippen molar-refractivity contribution in [3.05, 3.63) is 65.2 Å². The lowest BCUT2D eigenvalue weighted by Crippen LogP contribution is -2.06. The molecule has 1 N–H and O–H groups in total. The number of hydrogen-bond acceptors (Lipinski definition) is 2. The Kier molecular flexibility index (Phi) is 5.21. The summed E-state index contributed by atoms with van der Waals surface area (Å²) in [5.41, 5.74) is 2.54. The van der Waals surface area contributed by atoms with Gasteiger partial charge in [0.05, 0.1) is 12.5 Å². The summed E-state index contributed by atoms with van der Waals surface area (Å²) in [7, 11) is 0. The maximum Gasteiger partial charge on any atom is 0.310 e. The predicted molar refractivity (Wildman–Crippen MR) is 86.1 cm³/mol. The first-order valence-electron chi connectivity index (χ1n) is 7.18. The van der Waals surface area contributed by atoms with E-state index in [0.29, 0.717) is 6.61 Å².